The largest absolute Gasteiger partial charge is 0.444 e. The number of likely N-dealkylation sites (tertiary alicyclic amines) is 1. The Morgan fingerprint density at radius 2 is 1.62 bits per heavy atom. The number of aromatic nitrogens is 2. The summed E-state index contributed by atoms with van der Waals surface area (Å²) in [5.74, 6) is 2.48. The van der Waals surface area contributed by atoms with Crippen molar-refractivity contribution in [3.8, 4) is 0 Å². The van der Waals surface area contributed by atoms with Gasteiger partial charge in [0.2, 0.25) is 0 Å². The fourth-order valence-electron chi connectivity index (χ4n) is 4.08. The van der Waals surface area contributed by atoms with Crippen LogP contribution in [0.1, 0.15) is 52.1 Å². The van der Waals surface area contributed by atoms with E-state index >= 15 is 0 Å². The van der Waals surface area contributed by atoms with Gasteiger partial charge in [0.25, 0.3) is 0 Å². The van der Waals surface area contributed by atoms with E-state index in [0.29, 0.717) is 0 Å². The van der Waals surface area contributed by atoms with Crippen LogP contribution in [0.2, 0.25) is 0 Å². The van der Waals surface area contributed by atoms with Crippen molar-refractivity contribution in [2.45, 2.75) is 59.0 Å². The van der Waals surface area contributed by atoms with Crippen molar-refractivity contribution >= 4 is 11.9 Å². The van der Waals surface area contributed by atoms with Crippen LogP contribution in [0.4, 0.5) is 10.6 Å². The standard InChI is InChI=1S/C20H32N4O2/c1-15-13-21-14-18(22-15)23-9-5-16(6-10-23)17-7-11-24(12-8-17)19(25)26-20(2,3)4/h13-14,16-17H,5-12H2,1-4H3. The highest BCUT2D eigenvalue weighted by atomic mass is 16.6. The number of amides is 1. The third-order valence-electron chi connectivity index (χ3n) is 5.46. The summed E-state index contributed by atoms with van der Waals surface area (Å²) in [7, 11) is 0. The first-order chi connectivity index (χ1) is 12.3. The fourth-order valence-corrected chi connectivity index (χ4v) is 4.08. The molecule has 6 heteroatoms. The lowest BCUT2D eigenvalue weighted by Crippen LogP contribution is -2.44. The third kappa shape index (κ3) is 4.86. The minimum absolute atomic E-state index is 0.163. The van der Waals surface area contributed by atoms with Gasteiger partial charge in [-0.2, -0.15) is 0 Å². The molecule has 0 spiro atoms. The maximum absolute atomic E-state index is 12.2. The van der Waals surface area contributed by atoms with Gasteiger partial charge in [-0.25, -0.2) is 9.78 Å². The molecule has 0 radical (unpaired) electrons. The van der Waals surface area contributed by atoms with E-state index in [-0.39, 0.29) is 6.09 Å². The Balaban J connectivity index is 1.46. The first-order valence-corrected chi connectivity index (χ1v) is 9.83. The van der Waals surface area contributed by atoms with E-state index < -0.39 is 5.60 Å². The number of carbonyl (C=O) groups is 1. The van der Waals surface area contributed by atoms with Gasteiger partial charge in [-0.1, -0.05) is 0 Å². The monoisotopic (exact) mass is 360 g/mol. The summed E-state index contributed by atoms with van der Waals surface area (Å²) in [4.78, 5) is 25.3. The van der Waals surface area contributed by atoms with Crippen molar-refractivity contribution in [3.05, 3.63) is 18.1 Å². The quantitative estimate of drug-likeness (QED) is 0.806. The van der Waals surface area contributed by atoms with E-state index in [1.165, 1.54) is 12.8 Å². The predicted octanol–water partition coefficient (Wildman–Crippen LogP) is 3.65. The number of anilines is 1. The average Bonchev–Trinajstić information content (AvgIpc) is 2.61. The second kappa shape index (κ2) is 7.80. The van der Waals surface area contributed by atoms with E-state index in [2.05, 4.69) is 14.9 Å². The number of ether oxygens (including phenoxy) is 1. The molecule has 6 nitrogen and oxygen atoms in total. The van der Waals surface area contributed by atoms with Crippen molar-refractivity contribution in [2.75, 3.05) is 31.1 Å². The van der Waals surface area contributed by atoms with Gasteiger partial charge in [0.1, 0.15) is 11.4 Å². The second-order valence-electron chi connectivity index (χ2n) is 8.65. The van der Waals surface area contributed by atoms with Crippen LogP contribution < -0.4 is 4.90 Å². The maximum Gasteiger partial charge on any atom is 0.410 e. The van der Waals surface area contributed by atoms with Gasteiger partial charge >= 0.3 is 6.09 Å². The molecule has 2 aliphatic rings. The molecule has 0 aliphatic carbocycles. The summed E-state index contributed by atoms with van der Waals surface area (Å²) < 4.78 is 5.50. The smallest absolute Gasteiger partial charge is 0.410 e. The zero-order valence-electron chi connectivity index (χ0n) is 16.6. The molecular weight excluding hydrogens is 328 g/mol. The highest BCUT2D eigenvalue weighted by Crippen LogP contribution is 2.33. The third-order valence-corrected chi connectivity index (χ3v) is 5.46. The Labute approximate surface area is 156 Å². The molecule has 1 aromatic heterocycles. The number of carbonyl (C=O) groups excluding carboxylic acids is 1. The van der Waals surface area contributed by atoms with Crippen LogP contribution in [0.5, 0.6) is 0 Å². The molecule has 2 fully saturated rings. The first-order valence-electron chi connectivity index (χ1n) is 9.83. The Morgan fingerprint density at radius 1 is 1.04 bits per heavy atom. The van der Waals surface area contributed by atoms with E-state index in [1.807, 2.05) is 38.8 Å². The summed E-state index contributed by atoms with van der Waals surface area (Å²) in [6.07, 6.45) is 8.09. The summed E-state index contributed by atoms with van der Waals surface area (Å²) in [6.45, 7) is 11.5. The molecule has 0 aromatic carbocycles. The molecule has 1 amide bonds. The van der Waals surface area contributed by atoms with Crippen LogP contribution >= 0.6 is 0 Å². The maximum atomic E-state index is 12.2. The number of aryl methyl sites for hydroxylation is 1. The lowest BCUT2D eigenvalue weighted by molar-refractivity contribution is 0.0152. The topological polar surface area (TPSA) is 58.6 Å². The normalized spacial score (nSPS) is 20.3. The molecule has 3 rings (SSSR count). The molecule has 0 unspecified atom stereocenters. The zero-order chi connectivity index (χ0) is 18.7. The van der Waals surface area contributed by atoms with Crippen LogP contribution in [0.25, 0.3) is 0 Å². The van der Waals surface area contributed by atoms with Crippen LogP contribution in [-0.4, -0.2) is 52.7 Å². The Hall–Kier alpha value is -1.85. The Morgan fingerprint density at radius 3 is 2.15 bits per heavy atom. The molecule has 144 valence electrons. The van der Waals surface area contributed by atoms with E-state index in [0.717, 1.165) is 62.4 Å². The summed E-state index contributed by atoms with van der Waals surface area (Å²) in [5.41, 5.74) is 0.554. The minimum Gasteiger partial charge on any atom is -0.444 e. The predicted molar refractivity (Wildman–Crippen MR) is 102 cm³/mol. The molecular formula is C20H32N4O2. The zero-order valence-corrected chi connectivity index (χ0v) is 16.6. The van der Waals surface area contributed by atoms with Gasteiger partial charge in [-0.15, -0.1) is 0 Å². The summed E-state index contributed by atoms with van der Waals surface area (Å²) in [6, 6.07) is 0. The molecule has 2 aliphatic heterocycles. The lowest BCUT2D eigenvalue weighted by Gasteiger charge is -2.40. The molecule has 0 atom stereocenters. The number of hydrogen-bond donors (Lipinski definition) is 0. The summed E-state index contributed by atoms with van der Waals surface area (Å²) in [5, 5.41) is 0. The van der Waals surface area contributed by atoms with Crippen LogP contribution in [0.3, 0.4) is 0 Å². The number of rotatable bonds is 2. The lowest BCUT2D eigenvalue weighted by atomic mass is 9.79. The Kier molecular flexibility index (Phi) is 5.68. The first kappa shape index (κ1) is 18.9. The van der Waals surface area contributed by atoms with E-state index in [9.17, 15) is 4.79 Å². The fraction of sp³-hybridized carbons (Fsp3) is 0.750. The highest BCUT2D eigenvalue weighted by Gasteiger charge is 2.32. The molecule has 1 aromatic rings. The van der Waals surface area contributed by atoms with E-state index in [1.54, 1.807) is 6.20 Å². The van der Waals surface area contributed by atoms with Crippen molar-refractivity contribution in [2.24, 2.45) is 11.8 Å². The Bertz CT molecular complexity index is 612. The SMILES string of the molecule is Cc1cncc(N2CCC(C3CCN(C(=O)OC(C)(C)C)CC3)CC2)n1. The number of nitrogens with zero attached hydrogens (tertiary/aromatic N) is 4. The number of hydrogen-bond acceptors (Lipinski definition) is 5. The molecule has 2 saturated heterocycles. The van der Waals surface area contributed by atoms with Gasteiger partial charge in [-0.05, 0) is 65.2 Å². The van der Waals surface area contributed by atoms with Crippen LogP contribution in [0.15, 0.2) is 12.4 Å². The van der Waals surface area contributed by atoms with Gasteiger partial charge in [0.05, 0.1) is 11.9 Å². The van der Waals surface area contributed by atoms with Gasteiger partial charge < -0.3 is 14.5 Å². The van der Waals surface area contributed by atoms with Crippen molar-refractivity contribution < 1.29 is 9.53 Å². The average molecular weight is 361 g/mol. The second-order valence-corrected chi connectivity index (χ2v) is 8.65. The van der Waals surface area contributed by atoms with Gasteiger partial charge in [-0.3, -0.25) is 4.98 Å². The van der Waals surface area contributed by atoms with E-state index in [4.69, 9.17) is 4.74 Å². The minimum atomic E-state index is -0.417. The molecule has 26 heavy (non-hydrogen) atoms. The molecule has 0 bridgehead atoms. The van der Waals surface area contributed by atoms with Crippen molar-refractivity contribution in [3.63, 3.8) is 0 Å². The van der Waals surface area contributed by atoms with Crippen LogP contribution in [0, 0.1) is 18.8 Å². The highest BCUT2D eigenvalue weighted by molar-refractivity contribution is 5.68. The van der Waals surface area contributed by atoms with Crippen molar-refractivity contribution in [1.29, 1.82) is 0 Å². The number of piperidine rings is 2. The van der Waals surface area contributed by atoms with Gasteiger partial charge in [0, 0.05) is 32.4 Å². The summed E-state index contributed by atoms with van der Waals surface area (Å²) >= 11 is 0. The van der Waals surface area contributed by atoms with Gasteiger partial charge in [0.15, 0.2) is 0 Å². The van der Waals surface area contributed by atoms with Crippen molar-refractivity contribution in [1.82, 2.24) is 14.9 Å². The van der Waals surface area contributed by atoms with Crippen LogP contribution in [-0.2, 0) is 4.74 Å². The molecule has 0 N–H and O–H groups in total. The molecule has 0 saturated carbocycles. The molecule has 3 heterocycles.